The van der Waals surface area contributed by atoms with Crippen molar-refractivity contribution in [2.75, 3.05) is 38.3 Å². The highest BCUT2D eigenvalue weighted by atomic mass is 35.5. The normalized spacial score (nSPS) is 17.6. The average molecular weight is 580 g/mol. The van der Waals surface area contributed by atoms with Crippen LogP contribution in [0, 0.1) is 11.3 Å². The number of likely N-dealkylation sites (N-methyl/N-ethyl adjacent to an activating group) is 1. The fourth-order valence-corrected chi connectivity index (χ4v) is 5.78. The number of carbonyl (C=O) groups excluding carboxylic acids is 1. The van der Waals surface area contributed by atoms with Crippen molar-refractivity contribution in [3.8, 4) is 11.8 Å². The van der Waals surface area contributed by atoms with E-state index >= 15 is 0 Å². The van der Waals surface area contributed by atoms with Crippen LogP contribution in [0.2, 0.25) is 10.0 Å². The Hall–Kier alpha value is -3.48. The van der Waals surface area contributed by atoms with E-state index in [1.807, 2.05) is 36.4 Å². The summed E-state index contributed by atoms with van der Waals surface area (Å²) in [6, 6.07) is 20.7. The number of hydrogen-bond donors (Lipinski definition) is 0. The van der Waals surface area contributed by atoms with Gasteiger partial charge >= 0.3 is 0 Å². The molecule has 0 atom stereocenters. The van der Waals surface area contributed by atoms with Crippen molar-refractivity contribution in [1.82, 2.24) is 4.90 Å². The molecular weight excluding hydrogens is 555 g/mol. The van der Waals surface area contributed by atoms with Gasteiger partial charge in [0.25, 0.3) is 5.91 Å². The Kier molecular flexibility index (Phi) is 8.44. The number of carbonyl (C=O) groups is 1. The second-order valence-corrected chi connectivity index (χ2v) is 10.7. The summed E-state index contributed by atoms with van der Waals surface area (Å²) < 4.78 is 11.3. The van der Waals surface area contributed by atoms with E-state index in [-0.39, 0.29) is 12.5 Å². The predicted molar refractivity (Wildman–Crippen MR) is 157 cm³/mol. The maximum Gasteiger partial charge on any atom is 0.266 e. The van der Waals surface area contributed by atoms with Gasteiger partial charge in [0, 0.05) is 31.4 Å². The van der Waals surface area contributed by atoms with E-state index in [1.54, 1.807) is 37.4 Å². The van der Waals surface area contributed by atoms with Gasteiger partial charge in [-0.25, -0.2) is 4.99 Å². The first kappa shape index (κ1) is 27.1. The number of morpholine rings is 1. The minimum Gasteiger partial charge on any atom is -0.486 e. The second-order valence-electron chi connectivity index (χ2n) is 8.86. The van der Waals surface area contributed by atoms with Crippen molar-refractivity contribution in [3.63, 3.8) is 0 Å². The highest BCUT2D eigenvalue weighted by Crippen LogP contribution is 2.38. The molecule has 0 radical (unpaired) electrons. The number of ether oxygens (including phenoxy) is 2. The molecule has 2 heterocycles. The molecule has 10 heteroatoms. The van der Waals surface area contributed by atoms with Crippen LogP contribution in [0.3, 0.4) is 0 Å². The van der Waals surface area contributed by atoms with Crippen LogP contribution in [0.4, 0.5) is 11.4 Å². The number of rotatable bonds is 6. The lowest BCUT2D eigenvalue weighted by Crippen LogP contribution is -2.36. The first-order valence-electron chi connectivity index (χ1n) is 12.2. The van der Waals surface area contributed by atoms with Crippen LogP contribution < -0.4 is 9.64 Å². The third-order valence-corrected chi connectivity index (χ3v) is 7.90. The Morgan fingerprint density at radius 3 is 2.49 bits per heavy atom. The Morgan fingerprint density at radius 2 is 1.79 bits per heavy atom. The van der Waals surface area contributed by atoms with Gasteiger partial charge in [-0.15, -0.1) is 0 Å². The monoisotopic (exact) mass is 578 g/mol. The zero-order valence-corrected chi connectivity index (χ0v) is 23.4. The van der Waals surface area contributed by atoms with Gasteiger partial charge in [0.2, 0.25) is 0 Å². The van der Waals surface area contributed by atoms with Crippen molar-refractivity contribution >= 4 is 63.5 Å². The highest BCUT2D eigenvalue weighted by molar-refractivity contribution is 8.18. The van der Waals surface area contributed by atoms with Gasteiger partial charge in [-0.2, -0.15) is 5.26 Å². The van der Waals surface area contributed by atoms with Crippen molar-refractivity contribution in [2.45, 2.75) is 6.61 Å². The van der Waals surface area contributed by atoms with Gasteiger partial charge in [0.15, 0.2) is 10.9 Å². The van der Waals surface area contributed by atoms with Gasteiger partial charge in [0.05, 0.1) is 45.5 Å². The number of thioether (sulfide) groups is 1. The molecule has 5 rings (SSSR count). The van der Waals surface area contributed by atoms with Crippen LogP contribution in [0.5, 0.6) is 5.75 Å². The molecular formula is C29H24Cl2N4O3S. The van der Waals surface area contributed by atoms with Gasteiger partial charge in [-0.1, -0.05) is 41.4 Å². The molecule has 3 aromatic carbocycles. The summed E-state index contributed by atoms with van der Waals surface area (Å²) in [5, 5.41) is 10.5. The van der Waals surface area contributed by atoms with E-state index in [2.05, 4.69) is 16.0 Å². The highest BCUT2D eigenvalue weighted by Gasteiger charge is 2.30. The minimum atomic E-state index is -0.163. The number of halogens is 2. The van der Waals surface area contributed by atoms with Crippen molar-refractivity contribution < 1.29 is 14.3 Å². The summed E-state index contributed by atoms with van der Waals surface area (Å²) in [7, 11) is 1.70. The molecule has 2 aliphatic heterocycles. The molecule has 0 unspecified atom stereocenters. The molecule has 0 bridgehead atoms. The topological polar surface area (TPSA) is 78.2 Å². The third-order valence-electron chi connectivity index (χ3n) is 6.28. The number of amidine groups is 1. The molecule has 7 nitrogen and oxygen atoms in total. The average Bonchev–Trinajstić information content (AvgIpc) is 3.21. The number of aliphatic imine (C=N–C) groups is 1. The van der Waals surface area contributed by atoms with Crippen LogP contribution in [0.15, 0.2) is 70.6 Å². The Balaban J connectivity index is 1.30. The standard InChI is InChI=1S/C29H24Cl2N4O3S/c1-34-28(36)26(39-29(34)33-22-6-8-23(9-7-22)35-10-12-37-13-11-35)16-19-14-24(30)27(25(31)15-19)38-18-21-5-3-2-4-20(21)17-32/h2-9,14-16H,10-13,18H2,1H3/b26-16-,33-29?. The van der Waals surface area contributed by atoms with E-state index in [0.717, 1.165) is 43.2 Å². The zero-order chi connectivity index (χ0) is 27.4. The van der Waals surface area contributed by atoms with Gasteiger partial charge in [-0.05, 0) is 65.9 Å². The molecule has 0 aliphatic carbocycles. The second kappa shape index (κ2) is 12.1. The fraction of sp³-hybridized carbons (Fsp3) is 0.207. The first-order valence-corrected chi connectivity index (χ1v) is 13.8. The fourth-order valence-electron chi connectivity index (χ4n) is 4.18. The van der Waals surface area contributed by atoms with E-state index in [0.29, 0.717) is 37.0 Å². The lowest BCUT2D eigenvalue weighted by atomic mass is 10.1. The summed E-state index contributed by atoms with van der Waals surface area (Å²) in [6.45, 7) is 3.34. The van der Waals surface area contributed by atoms with Crippen molar-refractivity contribution in [2.24, 2.45) is 4.99 Å². The molecule has 0 aromatic heterocycles. The largest absolute Gasteiger partial charge is 0.486 e. The lowest BCUT2D eigenvalue weighted by Gasteiger charge is -2.28. The quantitative estimate of drug-likeness (QED) is 0.310. The molecule has 2 saturated heterocycles. The molecule has 0 saturated carbocycles. The van der Waals surface area contributed by atoms with Gasteiger partial charge in [0.1, 0.15) is 6.61 Å². The third kappa shape index (κ3) is 6.23. The number of hydrogen-bond acceptors (Lipinski definition) is 7. The smallest absolute Gasteiger partial charge is 0.266 e. The summed E-state index contributed by atoms with van der Waals surface area (Å²) in [5.41, 5.74) is 3.81. The van der Waals surface area contributed by atoms with Crippen LogP contribution in [0.1, 0.15) is 16.7 Å². The predicted octanol–water partition coefficient (Wildman–Crippen LogP) is 6.51. The van der Waals surface area contributed by atoms with E-state index < -0.39 is 0 Å². The van der Waals surface area contributed by atoms with Crippen LogP contribution in [0.25, 0.3) is 6.08 Å². The van der Waals surface area contributed by atoms with Crippen LogP contribution >= 0.6 is 35.0 Å². The first-order chi connectivity index (χ1) is 18.9. The summed E-state index contributed by atoms with van der Waals surface area (Å²) in [4.78, 5) is 21.9. The molecule has 198 valence electrons. The molecule has 0 N–H and O–H groups in total. The summed E-state index contributed by atoms with van der Waals surface area (Å²) in [5.74, 6) is 0.155. The number of nitrogens with zero attached hydrogens (tertiary/aromatic N) is 4. The van der Waals surface area contributed by atoms with Crippen molar-refractivity contribution in [3.05, 3.63) is 92.3 Å². The lowest BCUT2D eigenvalue weighted by molar-refractivity contribution is -0.121. The van der Waals surface area contributed by atoms with Gasteiger partial charge < -0.3 is 14.4 Å². The molecule has 0 spiro atoms. The Labute approximate surface area is 241 Å². The molecule has 2 fully saturated rings. The number of amides is 1. The number of benzene rings is 3. The van der Waals surface area contributed by atoms with E-state index in [9.17, 15) is 10.1 Å². The number of nitriles is 1. The molecule has 39 heavy (non-hydrogen) atoms. The summed E-state index contributed by atoms with van der Waals surface area (Å²) >= 11 is 14.3. The number of anilines is 1. The minimum absolute atomic E-state index is 0.149. The molecule has 1 amide bonds. The summed E-state index contributed by atoms with van der Waals surface area (Å²) in [6.07, 6.45) is 1.74. The zero-order valence-electron chi connectivity index (χ0n) is 21.1. The van der Waals surface area contributed by atoms with Crippen LogP contribution in [-0.4, -0.2) is 49.3 Å². The molecule has 3 aromatic rings. The maximum absolute atomic E-state index is 12.9. The Bertz CT molecular complexity index is 1470. The van der Waals surface area contributed by atoms with Crippen LogP contribution in [-0.2, 0) is 16.1 Å². The molecule has 2 aliphatic rings. The van der Waals surface area contributed by atoms with Gasteiger partial charge in [-0.3, -0.25) is 9.69 Å². The maximum atomic E-state index is 12.9. The SMILES string of the molecule is CN1C(=O)/C(=C/c2cc(Cl)c(OCc3ccccc3C#N)c(Cl)c2)SC1=Nc1ccc(N2CCOCC2)cc1. The van der Waals surface area contributed by atoms with Crippen molar-refractivity contribution in [1.29, 1.82) is 5.26 Å². The Morgan fingerprint density at radius 1 is 1.10 bits per heavy atom. The van der Waals surface area contributed by atoms with E-state index in [1.165, 1.54) is 16.7 Å². The van der Waals surface area contributed by atoms with E-state index in [4.69, 9.17) is 32.7 Å².